The Morgan fingerprint density at radius 1 is 1.60 bits per heavy atom. The largest absolute Gasteiger partial charge is 0.454 e. The summed E-state index contributed by atoms with van der Waals surface area (Å²) in [6, 6.07) is 0. The summed E-state index contributed by atoms with van der Waals surface area (Å²) >= 11 is 3.52. The maximum Gasteiger partial charge on any atom is 0.364 e. The van der Waals surface area contributed by atoms with Gasteiger partial charge in [-0.2, -0.15) is 0 Å². The predicted molar refractivity (Wildman–Crippen MR) is 44.5 cm³/mol. The first-order valence-electron chi connectivity index (χ1n) is 3.60. The van der Waals surface area contributed by atoms with Gasteiger partial charge in [0.25, 0.3) is 0 Å². The lowest BCUT2D eigenvalue weighted by atomic mass is 10.2. The summed E-state index contributed by atoms with van der Waals surface area (Å²) in [7, 11) is 0. The van der Waals surface area contributed by atoms with Crippen LogP contribution >= 0.6 is 12.6 Å². The van der Waals surface area contributed by atoms with E-state index in [4.69, 9.17) is 4.74 Å². The van der Waals surface area contributed by atoms with Gasteiger partial charge >= 0.3 is 5.30 Å². The highest BCUT2D eigenvalue weighted by Crippen LogP contribution is 2.07. The molecule has 0 aliphatic carbocycles. The second-order valence-corrected chi connectivity index (χ2v) is 2.57. The Balaban J connectivity index is 3.49. The zero-order chi connectivity index (χ0) is 7.98. The highest BCUT2D eigenvalue weighted by Gasteiger charge is 2.07. The van der Waals surface area contributed by atoms with E-state index in [1.165, 1.54) is 0 Å². The Labute approximate surface area is 67.4 Å². The molecule has 0 aromatic heterocycles. The molecule has 0 amide bonds. The van der Waals surface area contributed by atoms with Crippen molar-refractivity contribution in [3.8, 4) is 0 Å². The molecule has 0 aromatic rings. The molecule has 1 unspecified atom stereocenters. The number of thiol groups is 1. The zero-order valence-electron chi connectivity index (χ0n) is 6.46. The van der Waals surface area contributed by atoms with Crippen LogP contribution in [0.4, 0.5) is 4.79 Å². The molecule has 0 N–H and O–H groups in total. The van der Waals surface area contributed by atoms with Crippen molar-refractivity contribution in [2.24, 2.45) is 0 Å². The average Bonchev–Trinajstić information content (AvgIpc) is 1.86. The quantitative estimate of drug-likeness (QED) is 0.508. The summed E-state index contributed by atoms with van der Waals surface area (Å²) in [5.74, 6) is 0. The van der Waals surface area contributed by atoms with Gasteiger partial charge in [0, 0.05) is 0 Å². The minimum Gasteiger partial charge on any atom is -0.454 e. The van der Waals surface area contributed by atoms with Crippen molar-refractivity contribution >= 4 is 17.9 Å². The fourth-order valence-electron chi connectivity index (χ4n) is 0.811. The summed E-state index contributed by atoms with van der Waals surface area (Å²) in [4.78, 5) is 10.3. The van der Waals surface area contributed by atoms with Crippen LogP contribution in [0.3, 0.4) is 0 Å². The Morgan fingerprint density at radius 3 is 2.50 bits per heavy atom. The van der Waals surface area contributed by atoms with E-state index in [0.29, 0.717) is 0 Å². The van der Waals surface area contributed by atoms with Crippen LogP contribution in [0.5, 0.6) is 0 Å². The lowest BCUT2D eigenvalue weighted by Gasteiger charge is -2.12. The van der Waals surface area contributed by atoms with E-state index in [1.807, 2.05) is 6.92 Å². The molecule has 0 rings (SSSR count). The SMILES string of the molecule is CCCC(CC)OC(=O)S. The fraction of sp³-hybridized carbons (Fsp3) is 0.857. The standard InChI is InChI=1S/C7H14O2S/c1-3-5-6(4-2)9-7(8)10/h6H,3-5H2,1-2H3,(H,8,10). The van der Waals surface area contributed by atoms with Crippen LogP contribution in [-0.4, -0.2) is 11.4 Å². The third kappa shape index (κ3) is 4.68. The highest BCUT2D eigenvalue weighted by molar-refractivity contribution is 7.96. The molecule has 0 radical (unpaired) electrons. The van der Waals surface area contributed by atoms with Gasteiger partial charge < -0.3 is 4.74 Å². The zero-order valence-corrected chi connectivity index (χ0v) is 7.36. The summed E-state index contributed by atoms with van der Waals surface area (Å²) in [6.45, 7) is 4.06. The van der Waals surface area contributed by atoms with Crippen LogP contribution in [-0.2, 0) is 4.74 Å². The molecule has 0 bridgehead atoms. The molecule has 1 atom stereocenters. The number of carbonyl (C=O) groups is 1. The van der Waals surface area contributed by atoms with Crippen LogP contribution in [0.15, 0.2) is 0 Å². The summed E-state index contributed by atoms with van der Waals surface area (Å²) in [6.07, 6.45) is 2.91. The van der Waals surface area contributed by atoms with Crippen LogP contribution in [0.25, 0.3) is 0 Å². The van der Waals surface area contributed by atoms with Crippen LogP contribution in [0.1, 0.15) is 33.1 Å². The van der Waals surface area contributed by atoms with E-state index in [9.17, 15) is 4.79 Å². The van der Waals surface area contributed by atoms with Crippen molar-refractivity contribution in [1.29, 1.82) is 0 Å². The molecular weight excluding hydrogens is 148 g/mol. The van der Waals surface area contributed by atoms with E-state index >= 15 is 0 Å². The molecule has 0 aromatic carbocycles. The average molecular weight is 162 g/mol. The Morgan fingerprint density at radius 2 is 2.20 bits per heavy atom. The van der Waals surface area contributed by atoms with Gasteiger partial charge in [0.1, 0.15) is 6.10 Å². The van der Waals surface area contributed by atoms with Gasteiger partial charge in [-0.1, -0.05) is 32.9 Å². The molecule has 0 saturated carbocycles. The predicted octanol–water partition coefficient (Wildman–Crippen LogP) is 2.63. The van der Waals surface area contributed by atoms with Gasteiger partial charge in [0.05, 0.1) is 0 Å². The molecule has 0 heterocycles. The molecule has 0 spiro atoms. The van der Waals surface area contributed by atoms with E-state index in [-0.39, 0.29) is 6.10 Å². The lowest BCUT2D eigenvalue weighted by molar-refractivity contribution is 0.114. The maximum absolute atomic E-state index is 10.3. The van der Waals surface area contributed by atoms with E-state index < -0.39 is 5.30 Å². The first-order chi connectivity index (χ1) is 4.70. The minimum absolute atomic E-state index is 0.0648. The highest BCUT2D eigenvalue weighted by atomic mass is 32.1. The first-order valence-corrected chi connectivity index (χ1v) is 4.05. The summed E-state index contributed by atoms with van der Waals surface area (Å²) in [5, 5.41) is -0.472. The Kier molecular flexibility index (Phi) is 5.49. The minimum atomic E-state index is -0.472. The van der Waals surface area contributed by atoms with Crippen molar-refractivity contribution in [2.75, 3.05) is 0 Å². The number of carbonyl (C=O) groups excluding carboxylic acids is 1. The van der Waals surface area contributed by atoms with Gasteiger partial charge in [-0.15, -0.1) is 0 Å². The summed E-state index contributed by atoms with van der Waals surface area (Å²) < 4.78 is 4.87. The van der Waals surface area contributed by atoms with Gasteiger partial charge in [0.2, 0.25) is 0 Å². The second-order valence-electron chi connectivity index (χ2n) is 2.20. The fourth-order valence-corrected chi connectivity index (χ4v) is 0.960. The monoisotopic (exact) mass is 162 g/mol. The molecule has 0 fully saturated rings. The molecule has 3 heteroatoms. The number of rotatable bonds is 4. The maximum atomic E-state index is 10.3. The molecule has 2 nitrogen and oxygen atoms in total. The second kappa shape index (κ2) is 5.59. The molecule has 10 heavy (non-hydrogen) atoms. The van der Waals surface area contributed by atoms with E-state index in [1.54, 1.807) is 0 Å². The third-order valence-electron chi connectivity index (χ3n) is 1.33. The number of hydrogen-bond donors (Lipinski definition) is 1. The van der Waals surface area contributed by atoms with E-state index in [2.05, 4.69) is 19.6 Å². The molecular formula is C7H14O2S. The van der Waals surface area contributed by atoms with Gasteiger partial charge in [-0.05, 0) is 12.8 Å². The van der Waals surface area contributed by atoms with Crippen LogP contribution < -0.4 is 0 Å². The van der Waals surface area contributed by atoms with Crippen molar-refractivity contribution in [2.45, 2.75) is 39.2 Å². The first kappa shape index (κ1) is 9.82. The third-order valence-corrected chi connectivity index (χ3v) is 1.44. The smallest absolute Gasteiger partial charge is 0.364 e. The Bertz CT molecular complexity index is 104. The summed E-state index contributed by atoms with van der Waals surface area (Å²) in [5.41, 5.74) is 0. The lowest BCUT2D eigenvalue weighted by Crippen LogP contribution is -2.12. The number of hydrogen-bond acceptors (Lipinski definition) is 2. The normalized spacial score (nSPS) is 12.7. The Hall–Kier alpha value is -0.180. The van der Waals surface area contributed by atoms with Crippen molar-refractivity contribution < 1.29 is 9.53 Å². The molecule has 60 valence electrons. The van der Waals surface area contributed by atoms with Crippen LogP contribution in [0.2, 0.25) is 0 Å². The van der Waals surface area contributed by atoms with Gasteiger partial charge in [-0.3, -0.25) is 0 Å². The van der Waals surface area contributed by atoms with Gasteiger partial charge in [0.15, 0.2) is 0 Å². The van der Waals surface area contributed by atoms with Crippen LogP contribution in [0, 0.1) is 0 Å². The van der Waals surface area contributed by atoms with E-state index in [0.717, 1.165) is 19.3 Å². The van der Waals surface area contributed by atoms with Gasteiger partial charge in [-0.25, -0.2) is 4.79 Å². The molecule has 0 saturated heterocycles. The van der Waals surface area contributed by atoms with Crippen molar-refractivity contribution in [3.05, 3.63) is 0 Å². The number of ether oxygens (including phenoxy) is 1. The van der Waals surface area contributed by atoms with Crippen molar-refractivity contribution in [3.63, 3.8) is 0 Å². The topological polar surface area (TPSA) is 26.3 Å². The molecule has 0 aliphatic rings. The van der Waals surface area contributed by atoms with Crippen molar-refractivity contribution in [1.82, 2.24) is 0 Å². The molecule has 0 aliphatic heterocycles.